The smallest absolute Gasteiger partial charge is 0.264 e. The SMILES string of the molecule is O=C(c1ccc(NS(=O)(=O)c2cccc3cccnc23)cc1)N1CCN(c2ncc(C3CCC3)cn2)CC1. The number of amides is 1. The number of carbonyl (C=O) groups excluding carboxylic acids is 1. The number of carbonyl (C=O) groups is 1. The van der Waals surface area contributed by atoms with Crippen molar-refractivity contribution in [2.75, 3.05) is 35.8 Å². The predicted octanol–water partition coefficient (Wildman–Crippen LogP) is 4.06. The monoisotopic (exact) mass is 528 g/mol. The van der Waals surface area contributed by atoms with E-state index >= 15 is 0 Å². The highest BCUT2D eigenvalue weighted by Gasteiger charge is 2.25. The molecule has 6 rings (SSSR count). The molecule has 9 nitrogen and oxygen atoms in total. The maximum Gasteiger partial charge on any atom is 0.264 e. The first kappa shape index (κ1) is 24.3. The van der Waals surface area contributed by atoms with E-state index < -0.39 is 10.0 Å². The van der Waals surface area contributed by atoms with E-state index in [0.717, 1.165) is 5.39 Å². The van der Waals surface area contributed by atoms with Crippen molar-refractivity contribution in [2.24, 2.45) is 0 Å². The summed E-state index contributed by atoms with van der Waals surface area (Å²) in [7, 11) is -3.86. The molecule has 2 aliphatic rings. The van der Waals surface area contributed by atoms with Gasteiger partial charge in [0, 0.05) is 61.4 Å². The fourth-order valence-corrected chi connectivity index (χ4v) is 6.16. The maximum atomic E-state index is 13.1. The summed E-state index contributed by atoms with van der Waals surface area (Å²) in [6.45, 7) is 2.45. The highest BCUT2D eigenvalue weighted by molar-refractivity contribution is 7.93. The van der Waals surface area contributed by atoms with Gasteiger partial charge in [0.15, 0.2) is 0 Å². The molecule has 1 aliphatic heterocycles. The molecule has 3 heterocycles. The average Bonchev–Trinajstić information content (AvgIpc) is 2.92. The van der Waals surface area contributed by atoms with Gasteiger partial charge in [-0.2, -0.15) is 0 Å². The fourth-order valence-electron chi connectivity index (χ4n) is 4.92. The molecule has 1 saturated heterocycles. The zero-order valence-corrected chi connectivity index (χ0v) is 21.6. The van der Waals surface area contributed by atoms with Gasteiger partial charge in [0.1, 0.15) is 4.90 Å². The number of hydrogen-bond donors (Lipinski definition) is 1. The van der Waals surface area contributed by atoms with Crippen molar-refractivity contribution in [3.05, 3.63) is 84.3 Å². The van der Waals surface area contributed by atoms with E-state index in [1.807, 2.05) is 24.5 Å². The standard InChI is InChI=1S/C28H28N6O3S/c35-27(33-14-16-34(17-15-33)28-30-18-23(19-31-28)20-4-1-5-20)22-9-11-24(12-10-22)32-38(36,37)25-8-2-6-21-7-3-13-29-26(21)25/h2-3,6-13,18-20,32H,1,4-5,14-17H2. The average molecular weight is 529 g/mol. The van der Waals surface area contributed by atoms with Crippen LogP contribution in [-0.2, 0) is 10.0 Å². The van der Waals surface area contributed by atoms with Crippen molar-refractivity contribution in [3.63, 3.8) is 0 Å². The van der Waals surface area contributed by atoms with Crippen LogP contribution in [0.1, 0.15) is 41.1 Å². The van der Waals surface area contributed by atoms with Crippen LogP contribution in [-0.4, -0.2) is 60.4 Å². The second-order valence-electron chi connectivity index (χ2n) is 9.74. The molecule has 2 fully saturated rings. The van der Waals surface area contributed by atoms with Crippen molar-refractivity contribution in [1.82, 2.24) is 19.9 Å². The maximum absolute atomic E-state index is 13.1. The van der Waals surface area contributed by atoms with Gasteiger partial charge in [0.2, 0.25) is 5.95 Å². The van der Waals surface area contributed by atoms with Gasteiger partial charge in [0.25, 0.3) is 15.9 Å². The Kier molecular flexibility index (Phi) is 6.40. The van der Waals surface area contributed by atoms with E-state index in [1.54, 1.807) is 47.5 Å². The molecule has 0 spiro atoms. The summed E-state index contributed by atoms with van der Waals surface area (Å²) < 4.78 is 28.7. The lowest BCUT2D eigenvalue weighted by Crippen LogP contribution is -2.49. The Labute approximate surface area is 221 Å². The van der Waals surface area contributed by atoms with Gasteiger partial charge in [-0.3, -0.25) is 14.5 Å². The normalized spacial score (nSPS) is 16.3. The van der Waals surface area contributed by atoms with E-state index in [4.69, 9.17) is 0 Å². The lowest BCUT2D eigenvalue weighted by molar-refractivity contribution is 0.0746. The number of benzene rings is 2. The zero-order valence-electron chi connectivity index (χ0n) is 20.8. The molecule has 0 atom stereocenters. The van der Waals surface area contributed by atoms with Gasteiger partial charge >= 0.3 is 0 Å². The molecule has 10 heteroatoms. The van der Waals surface area contributed by atoms with Crippen molar-refractivity contribution >= 4 is 38.5 Å². The Hall–Kier alpha value is -4.05. The predicted molar refractivity (Wildman–Crippen MR) is 146 cm³/mol. The zero-order chi connectivity index (χ0) is 26.1. The molecule has 2 aromatic heterocycles. The number of sulfonamides is 1. The number of pyridine rings is 1. The third-order valence-electron chi connectivity index (χ3n) is 7.35. The van der Waals surface area contributed by atoms with Crippen LogP contribution >= 0.6 is 0 Å². The first-order chi connectivity index (χ1) is 18.5. The topological polar surface area (TPSA) is 108 Å². The van der Waals surface area contributed by atoms with Crippen LogP contribution < -0.4 is 9.62 Å². The van der Waals surface area contributed by atoms with Crippen LogP contribution in [0.4, 0.5) is 11.6 Å². The van der Waals surface area contributed by atoms with Crippen LogP contribution in [0.25, 0.3) is 10.9 Å². The van der Waals surface area contributed by atoms with Crippen molar-refractivity contribution in [3.8, 4) is 0 Å². The Morgan fingerprint density at radius 3 is 2.26 bits per heavy atom. The first-order valence-corrected chi connectivity index (χ1v) is 14.3. The van der Waals surface area contributed by atoms with Crippen LogP contribution in [0, 0.1) is 0 Å². The minimum atomic E-state index is -3.86. The van der Waals surface area contributed by atoms with E-state index in [1.165, 1.54) is 30.9 Å². The van der Waals surface area contributed by atoms with Gasteiger partial charge in [-0.05, 0) is 60.7 Å². The molecule has 194 valence electrons. The Morgan fingerprint density at radius 1 is 0.868 bits per heavy atom. The summed E-state index contributed by atoms with van der Waals surface area (Å²) in [5.41, 5.74) is 2.51. The number of hydrogen-bond acceptors (Lipinski definition) is 7. The summed E-state index contributed by atoms with van der Waals surface area (Å²) in [4.78, 5) is 30.5. The van der Waals surface area contributed by atoms with E-state index in [9.17, 15) is 13.2 Å². The summed E-state index contributed by atoms with van der Waals surface area (Å²) in [6.07, 6.45) is 9.17. The van der Waals surface area contributed by atoms with E-state index in [0.29, 0.717) is 54.8 Å². The molecule has 4 aromatic rings. The summed E-state index contributed by atoms with van der Waals surface area (Å²) in [5.74, 6) is 1.23. The van der Waals surface area contributed by atoms with Crippen LogP contribution in [0.15, 0.2) is 78.1 Å². The third-order valence-corrected chi connectivity index (χ3v) is 8.77. The minimum Gasteiger partial charge on any atom is -0.337 e. The number of rotatable bonds is 6. The second kappa shape index (κ2) is 10.0. The Bertz CT molecular complexity index is 1560. The summed E-state index contributed by atoms with van der Waals surface area (Å²) in [6, 6.07) is 15.1. The Balaban J connectivity index is 1.08. The van der Waals surface area contributed by atoms with Crippen molar-refractivity contribution < 1.29 is 13.2 Å². The van der Waals surface area contributed by atoms with Crippen LogP contribution in [0.3, 0.4) is 0 Å². The molecular weight excluding hydrogens is 500 g/mol. The van der Waals surface area contributed by atoms with Crippen LogP contribution in [0.2, 0.25) is 0 Å². The largest absolute Gasteiger partial charge is 0.337 e. The molecule has 1 saturated carbocycles. The summed E-state index contributed by atoms with van der Waals surface area (Å²) in [5, 5.41) is 0.744. The van der Waals surface area contributed by atoms with E-state index in [2.05, 4.69) is 24.6 Å². The number of para-hydroxylation sites is 1. The molecule has 0 radical (unpaired) electrons. The molecule has 1 amide bonds. The van der Waals surface area contributed by atoms with Gasteiger partial charge in [-0.15, -0.1) is 0 Å². The number of nitrogens with zero attached hydrogens (tertiary/aromatic N) is 5. The van der Waals surface area contributed by atoms with Crippen LogP contribution in [0.5, 0.6) is 0 Å². The fraction of sp³-hybridized carbons (Fsp3) is 0.286. The van der Waals surface area contributed by atoms with E-state index in [-0.39, 0.29) is 10.8 Å². The third kappa shape index (κ3) is 4.79. The molecular formula is C28H28N6O3S. The molecule has 2 aromatic carbocycles. The lowest BCUT2D eigenvalue weighted by atomic mass is 9.81. The summed E-state index contributed by atoms with van der Waals surface area (Å²) >= 11 is 0. The van der Waals surface area contributed by atoms with Gasteiger partial charge in [-0.1, -0.05) is 24.6 Å². The number of piperazine rings is 1. The quantitative estimate of drug-likeness (QED) is 0.402. The number of anilines is 2. The van der Waals surface area contributed by atoms with Crippen molar-refractivity contribution in [1.29, 1.82) is 0 Å². The minimum absolute atomic E-state index is 0.0847. The lowest BCUT2D eigenvalue weighted by Gasteiger charge is -2.35. The first-order valence-electron chi connectivity index (χ1n) is 12.8. The highest BCUT2D eigenvalue weighted by Crippen LogP contribution is 2.35. The van der Waals surface area contributed by atoms with Gasteiger partial charge in [0.05, 0.1) is 5.52 Å². The van der Waals surface area contributed by atoms with Gasteiger partial charge < -0.3 is 9.80 Å². The number of nitrogens with one attached hydrogen (secondary N) is 1. The van der Waals surface area contributed by atoms with Gasteiger partial charge in [-0.25, -0.2) is 18.4 Å². The molecule has 1 N–H and O–H groups in total. The Morgan fingerprint density at radius 2 is 1.58 bits per heavy atom. The van der Waals surface area contributed by atoms with Crippen molar-refractivity contribution in [2.45, 2.75) is 30.1 Å². The molecule has 0 bridgehead atoms. The second-order valence-corrected chi connectivity index (χ2v) is 11.4. The number of aromatic nitrogens is 3. The molecule has 38 heavy (non-hydrogen) atoms. The molecule has 0 unspecified atom stereocenters. The highest BCUT2D eigenvalue weighted by atomic mass is 32.2. The number of fused-ring (bicyclic) bond motifs is 1. The molecule has 1 aliphatic carbocycles.